The third-order valence-corrected chi connectivity index (χ3v) is 8.25. The lowest BCUT2D eigenvalue weighted by Crippen LogP contribution is -2.45. The van der Waals surface area contributed by atoms with E-state index in [0.29, 0.717) is 12.2 Å². The molecule has 31 heavy (non-hydrogen) atoms. The molecule has 0 spiro atoms. The van der Waals surface area contributed by atoms with Gasteiger partial charge in [0.25, 0.3) is 10.0 Å². The van der Waals surface area contributed by atoms with Gasteiger partial charge in [-0.15, -0.1) is 0 Å². The topological polar surface area (TPSA) is 57.7 Å². The molecule has 1 aliphatic heterocycles. The van der Waals surface area contributed by atoms with E-state index in [0.717, 1.165) is 35.7 Å². The summed E-state index contributed by atoms with van der Waals surface area (Å²) in [5.74, 6) is -0.706. The van der Waals surface area contributed by atoms with Gasteiger partial charge in [-0.2, -0.15) is 0 Å². The van der Waals surface area contributed by atoms with Crippen molar-refractivity contribution in [3.63, 3.8) is 0 Å². The number of hydrogen-bond donors (Lipinski definition) is 0. The number of nitrogens with zero attached hydrogens (tertiary/aromatic N) is 2. The van der Waals surface area contributed by atoms with Crippen molar-refractivity contribution in [2.24, 2.45) is 10.8 Å². The third-order valence-electron chi connectivity index (χ3n) is 6.46. The number of carbonyl (C=O) groups is 1. The second kappa shape index (κ2) is 7.62. The molecule has 2 atom stereocenters. The van der Waals surface area contributed by atoms with Gasteiger partial charge in [-0.05, 0) is 66.5 Å². The van der Waals surface area contributed by atoms with Crippen LogP contribution in [0.25, 0.3) is 0 Å². The van der Waals surface area contributed by atoms with E-state index in [1.165, 1.54) is 12.1 Å². The summed E-state index contributed by atoms with van der Waals surface area (Å²) < 4.78 is 41.3. The first-order valence-corrected chi connectivity index (χ1v) is 12.1. The second-order valence-corrected chi connectivity index (χ2v) is 11.9. The van der Waals surface area contributed by atoms with Crippen LogP contribution in [0.4, 0.5) is 10.1 Å². The van der Waals surface area contributed by atoms with E-state index >= 15 is 0 Å². The smallest absolute Gasteiger partial charge is 0.264 e. The largest absolute Gasteiger partial charge is 0.338 e. The predicted octanol–water partition coefficient (Wildman–Crippen LogP) is 4.45. The number of amides is 1. The van der Waals surface area contributed by atoms with Gasteiger partial charge in [0, 0.05) is 12.6 Å². The lowest BCUT2D eigenvalue weighted by Gasteiger charge is -2.39. The molecule has 0 radical (unpaired) electrons. The Kier molecular flexibility index (Phi) is 5.36. The van der Waals surface area contributed by atoms with Gasteiger partial charge in [-0.25, -0.2) is 12.8 Å². The Morgan fingerprint density at radius 3 is 2.35 bits per heavy atom. The Balaban J connectivity index is 1.65. The number of carbonyl (C=O) groups excluding carboxylic acids is 1. The zero-order chi connectivity index (χ0) is 22.4. The van der Waals surface area contributed by atoms with Crippen LogP contribution < -0.4 is 4.31 Å². The minimum absolute atomic E-state index is 0.0428. The minimum atomic E-state index is -4.04. The van der Waals surface area contributed by atoms with Gasteiger partial charge in [0.05, 0.1) is 10.6 Å². The zero-order valence-corrected chi connectivity index (χ0v) is 19.0. The molecule has 1 aliphatic carbocycles. The molecule has 4 rings (SSSR count). The molecule has 166 valence electrons. The highest BCUT2D eigenvalue weighted by molar-refractivity contribution is 7.92. The Morgan fingerprint density at radius 2 is 1.71 bits per heavy atom. The summed E-state index contributed by atoms with van der Waals surface area (Å²) >= 11 is 0. The SMILES string of the molecule is CC1(C)C[C@@H]2C[C@@](C)(CN2C(=O)CN(c2ccccc2)S(=O)(=O)c2ccc(F)cc2)C1. The fourth-order valence-corrected chi connectivity index (χ4v) is 7.02. The molecule has 2 fully saturated rings. The van der Waals surface area contributed by atoms with Crippen LogP contribution in [0.3, 0.4) is 0 Å². The molecule has 7 heteroatoms. The van der Waals surface area contributed by atoms with E-state index in [1.807, 2.05) is 4.90 Å². The van der Waals surface area contributed by atoms with Gasteiger partial charge in [0.2, 0.25) is 5.91 Å². The average molecular weight is 445 g/mol. The standard InChI is InChI=1S/C24H29FN2O3S/c1-23(2)13-20-14-24(3,16-23)17-26(20)22(28)15-27(19-7-5-4-6-8-19)31(29,30)21-11-9-18(25)10-12-21/h4-12,20H,13-17H2,1-3H3/t20-,24-/m1/s1. The monoisotopic (exact) mass is 444 g/mol. The van der Waals surface area contributed by atoms with Gasteiger partial charge < -0.3 is 4.90 Å². The first-order valence-electron chi connectivity index (χ1n) is 10.6. The van der Waals surface area contributed by atoms with Crippen LogP contribution in [0, 0.1) is 16.6 Å². The normalized spacial score (nSPS) is 24.8. The van der Waals surface area contributed by atoms with E-state index in [1.54, 1.807) is 30.3 Å². The quantitative estimate of drug-likeness (QED) is 0.685. The number of para-hydroxylation sites is 1. The molecular formula is C24H29FN2O3S. The Morgan fingerprint density at radius 1 is 1.06 bits per heavy atom. The van der Waals surface area contributed by atoms with E-state index < -0.39 is 15.8 Å². The van der Waals surface area contributed by atoms with Crippen LogP contribution in [0.5, 0.6) is 0 Å². The van der Waals surface area contributed by atoms with Gasteiger partial charge >= 0.3 is 0 Å². The number of likely N-dealkylation sites (tertiary alicyclic amines) is 1. The average Bonchev–Trinajstić information content (AvgIpc) is 2.95. The second-order valence-electron chi connectivity index (χ2n) is 10.0. The number of benzene rings is 2. The highest BCUT2D eigenvalue weighted by atomic mass is 32.2. The molecule has 2 aromatic carbocycles. The van der Waals surface area contributed by atoms with Crippen molar-refractivity contribution in [3.05, 3.63) is 60.4 Å². The van der Waals surface area contributed by atoms with E-state index in [-0.39, 0.29) is 34.2 Å². The molecule has 1 saturated carbocycles. The molecule has 1 heterocycles. The van der Waals surface area contributed by atoms with Gasteiger partial charge in [0.1, 0.15) is 12.4 Å². The summed E-state index contributed by atoms with van der Waals surface area (Å²) in [5.41, 5.74) is 0.635. The first-order chi connectivity index (χ1) is 14.5. The first kappa shape index (κ1) is 21.8. The van der Waals surface area contributed by atoms with Gasteiger partial charge in [-0.1, -0.05) is 39.0 Å². The van der Waals surface area contributed by atoms with Crippen LogP contribution in [0.2, 0.25) is 0 Å². The molecule has 5 nitrogen and oxygen atoms in total. The summed E-state index contributed by atoms with van der Waals surface area (Å²) in [6.45, 7) is 7.07. The Hall–Kier alpha value is -2.41. The van der Waals surface area contributed by atoms with Crippen molar-refractivity contribution < 1.29 is 17.6 Å². The number of anilines is 1. The van der Waals surface area contributed by atoms with E-state index in [2.05, 4.69) is 20.8 Å². The molecule has 1 amide bonds. The molecule has 0 N–H and O–H groups in total. The molecule has 2 bridgehead atoms. The fraction of sp³-hybridized carbons (Fsp3) is 0.458. The Labute approximate surface area is 183 Å². The van der Waals surface area contributed by atoms with Crippen LogP contribution in [0.1, 0.15) is 40.0 Å². The van der Waals surface area contributed by atoms with Crippen LogP contribution >= 0.6 is 0 Å². The molecule has 0 unspecified atom stereocenters. The minimum Gasteiger partial charge on any atom is -0.338 e. The van der Waals surface area contributed by atoms with Crippen molar-refractivity contribution in [1.82, 2.24) is 4.90 Å². The van der Waals surface area contributed by atoms with Gasteiger partial charge in [-0.3, -0.25) is 9.10 Å². The van der Waals surface area contributed by atoms with Crippen molar-refractivity contribution in [2.45, 2.75) is 51.0 Å². The fourth-order valence-electron chi connectivity index (χ4n) is 5.61. The van der Waals surface area contributed by atoms with Gasteiger partial charge in [0.15, 0.2) is 0 Å². The molecular weight excluding hydrogens is 415 g/mol. The van der Waals surface area contributed by atoms with Crippen LogP contribution in [-0.4, -0.2) is 38.4 Å². The van der Waals surface area contributed by atoms with E-state index in [4.69, 9.17) is 0 Å². The highest BCUT2D eigenvalue weighted by Crippen LogP contribution is 2.52. The van der Waals surface area contributed by atoms with E-state index in [9.17, 15) is 17.6 Å². The molecule has 1 saturated heterocycles. The predicted molar refractivity (Wildman–Crippen MR) is 119 cm³/mol. The number of halogens is 1. The summed E-state index contributed by atoms with van der Waals surface area (Å²) in [6, 6.07) is 13.4. The summed E-state index contributed by atoms with van der Waals surface area (Å²) in [7, 11) is -4.04. The third kappa shape index (κ3) is 4.33. The molecule has 2 aromatic rings. The van der Waals surface area contributed by atoms with Crippen molar-refractivity contribution in [1.29, 1.82) is 0 Å². The number of sulfonamides is 1. The molecule has 2 aliphatic rings. The maximum Gasteiger partial charge on any atom is 0.264 e. The maximum atomic E-state index is 13.4. The summed E-state index contributed by atoms with van der Waals surface area (Å²) in [6.07, 6.45) is 2.93. The van der Waals surface area contributed by atoms with Crippen molar-refractivity contribution in [3.8, 4) is 0 Å². The van der Waals surface area contributed by atoms with Crippen molar-refractivity contribution >= 4 is 21.6 Å². The maximum absolute atomic E-state index is 13.4. The lowest BCUT2D eigenvalue weighted by atomic mass is 9.65. The lowest BCUT2D eigenvalue weighted by molar-refractivity contribution is -0.130. The number of hydrogen-bond acceptors (Lipinski definition) is 3. The van der Waals surface area contributed by atoms with Crippen molar-refractivity contribution in [2.75, 3.05) is 17.4 Å². The Bertz CT molecular complexity index is 1070. The van der Waals surface area contributed by atoms with Crippen LogP contribution in [-0.2, 0) is 14.8 Å². The van der Waals surface area contributed by atoms with Crippen LogP contribution in [0.15, 0.2) is 59.5 Å². The zero-order valence-electron chi connectivity index (χ0n) is 18.2. The highest BCUT2D eigenvalue weighted by Gasteiger charge is 2.51. The summed E-state index contributed by atoms with van der Waals surface area (Å²) in [4.78, 5) is 15.3. The molecule has 0 aromatic heterocycles. The summed E-state index contributed by atoms with van der Waals surface area (Å²) in [5, 5.41) is 0. The number of rotatable bonds is 5. The number of fused-ring (bicyclic) bond motifs is 2.